The number of likely N-dealkylation sites (tertiary alicyclic amines) is 1. The highest BCUT2D eigenvalue weighted by molar-refractivity contribution is 5.87. The van der Waals surface area contributed by atoms with Crippen LogP contribution in [0.15, 0.2) is 24.5 Å². The van der Waals surface area contributed by atoms with Crippen LogP contribution in [0.1, 0.15) is 18.4 Å². The third kappa shape index (κ3) is 13.4. The van der Waals surface area contributed by atoms with Crippen LogP contribution in [0.2, 0.25) is 0 Å². The summed E-state index contributed by atoms with van der Waals surface area (Å²) in [6.45, 7) is 4.37. The molecule has 1 amide bonds. The predicted molar refractivity (Wildman–Crippen MR) is 127 cm³/mol. The number of nitrogens with zero attached hydrogens (tertiary/aromatic N) is 5. The largest absolute Gasteiger partial charge is 0.490 e. The summed E-state index contributed by atoms with van der Waals surface area (Å²) in [7, 11) is 2.04. The summed E-state index contributed by atoms with van der Waals surface area (Å²) in [6.07, 6.45) is -9.92. The fourth-order valence-electron chi connectivity index (χ4n) is 3.71. The molecule has 0 unspecified atom stereocenters. The molecule has 2 aliphatic heterocycles. The number of piperidine rings is 1. The molecular formula is C23H26F9N5O7. The number of carboxylic acids is 3. The number of pyridine rings is 1. The van der Waals surface area contributed by atoms with Crippen LogP contribution in [0.5, 0.6) is 0 Å². The molecule has 44 heavy (non-hydrogen) atoms. The Kier molecular flexibility index (Phi) is 15.0. The summed E-state index contributed by atoms with van der Waals surface area (Å²) in [6, 6.07) is 6.16. The number of carbonyl (C=O) groups excluding carboxylic acids is 1. The van der Waals surface area contributed by atoms with Crippen LogP contribution in [0, 0.1) is 11.3 Å². The summed E-state index contributed by atoms with van der Waals surface area (Å²) in [5.74, 6) is -8.14. The maximum Gasteiger partial charge on any atom is 0.490 e. The Bertz CT molecular complexity index is 1090. The minimum Gasteiger partial charge on any atom is -0.475 e. The lowest BCUT2D eigenvalue weighted by Crippen LogP contribution is -2.67. The first-order valence-electron chi connectivity index (χ1n) is 11.9. The van der Waals surface area contributed by atoms with Crippen molar-refractivity contribution in [3.63, 3.8) is 0 Å². The van der Waals surface area contributed by atoms with Crippen molar-refractivity contribution in [1.82, 2.24) is 19.7 Å². The quantitative estimate of drug-likeness (QED) is 0.323. The summed E-state index contributed by atoms with van der Waals surface area (Å²) < 4.78 is 95.2. The average molecular weight is 655 g/mol. The third-order valence-corrected chi connectivity index (χ3v) is 5.92. The molecule has 21 heteroatoms. The molecule has 0 aliphatic carbocycles. The zero-order valence-corrected chi connectivity index (χ0v) is 22.6. The number of rotatable bonds is 3. The van der Waals surface area contributed by atoms with E-state index < -0.39 is 42.0 Å². The van der Waals surface area contributed by atoms with Crippen LogP contribution in [0.25, 0.3) is 0 Å². The van der Waals surface area contributed by atoms with E-state index in [9.17, 15) is 44.3 Å². The number of likely N-dealkylation sites (N-methyl/N-ethyl adjacent to an activating group) is 1. The number of halogens is 9. The van der Waals surface area contributed by atoms with Crippen LogP contribution in [0.3, 0.4) is 0 Å². The number of carbonyl (C=O) groups is 4. The summed E-state index contributed by atoms with van der Waals surface area (Å²) in [5.41, 5.74) is 0.790. The fourth-order valence-corrected chi connectivity index (χ4v) is 3.71. The lowest BCUT2D eigenvalue weighted by molar-refractivity contribution is -0.193. The highest BCUT2D eigenvalue weighted by Gasteiger charge is 2.49. The molecule has 1 aromatic heterocycles. The number of amides is 1. The van der Waals surface area contributed by atoms with E-state index in [1.54, 1.807) is 11.1 Å². The topological polar surface area (TPSA) is 175 Å². The Morgan fingerprint density at radius 3 is 1.66 bits per heavy atom. The number of nitriles is 1. The Labute approximate surface area is 242 Å². The van der Waals surface area contributed by atoms with Crippen molar-refractivity contribution in [3.8, 4) is 6.07 Å². The van der Waals surface area contributed by atoms with Gasteiger partial charge in [-0.15, -0.1) is 0 Å². The van der Waals surface area contributed by atoms with Crippen molar-refractivity contribution in [2.75, 3.05) is 39.8 Å². The standard InChI is InChI=1S/C17H23N5O.3C2HF3O2/c1-20-11-12-22(10-6-18)16(23)17(20)4-8-21(9-5-17)14-15-3-2-7-19-13-15;3*3-2(4,5)1(6)7/h2-3,7,13H,4-5,8-12,14H2,1H3;3*(H,6,7). The van der Waals surface area contributed by atoms with Gasteiger partial charge >= 0.3 is 36.4 Å². The van der Waals surface area contributed by atoms with E-state index in [4.69, 9.17) is 35.0 Å². The van der Waals surface area contributed by atoms with Crippen LogP contribution in [0.4, 0.5) is 39.5 Å². The summed E-state index contributed by atoms with van der Waals surface area (Å²) >= 11 is 0. The van der Waals surface area contributed by atoms with Gasteiger partial charge in [-0.25, -0.2) is 14.4 Å². The molecule has 0 bridgehead atoms. The number of carboxylic acid groups (broad SMARTS) is 3. The minimum atomic E-state index is -5.08. The SMILES string of the molecule is CN1CCN(CC#N)C(=O)C12CCN(Cc1cccnc1)CC2.O=C(O)C(F)(F)F.O=C(O)C(F)(F)F.O=C(O)C(F)(F)F. The van der Waals surface area contributed by atoms with Crippen LogP contribution >= 0.6 is 0 Å². The highest BCUT2D eigenvalue weighted by Crippen LogP contribution is 2.33. The first-order valence-corrected chi connectivity index (χ1v) is 11.9. The minimum absolute atomic E-state index is 0.133. The van der Waals surface area contributed by atoms with Crippen LogP contribution < -0.4 is 0 Å². The van der Waals surface area contributed by atoms with Crippen molar-refractivity contribution in [2.24, 2.45) is 0 Å². The number of aromatic nitrogens is 1. The van der Waals surface area contributed by atoms with Gasteiger partial charge in [0, 0.05) is 45.1 Å². The maximum atomic E-state index is 12.9. The summed E-state index contributed by atoms with van der Waals surface area (Å²) in [4.78, 5) is 50.0. The zero-order chi connectivity index (χ0) is 34.5. The van der Waals surface area contributed by atoms with E-state index in [0.717, 1.165) is 39.0 Å². The molecule has 3 N–H and O–H groups in total. The van der Waals surface area contributed by atoms with E-state index in [1.165, 1.54) is 5.56 Å². The molecule has 2 saturated heterocycles. The lowest BCUT2D eigenvalue weighted by Gasteiger charge is -2.51. The first-order chi connectivity index (χ1) is 20.0. The molecule has 248 valence electrons. The fraction of sp³-hybridized carbons (Fsp3) is 0.565. The molecule has 0 radical (unpaired) electrons. The molecule has 12 nitrogen and oxygen atoms in total. The van der Waals surface area contributed by atoms with Crippen molar-refractivity contribution < 1.29 is 74.0 Å². The molecule has 0 atom stereocenters. The van der Waals surface area contributed by atoms with Gasteiger partial charge in [-0.2, -0.15) is 44.8 Å². The Morgan fingerprint density at radius 1 is 0.886 bits per heavy atom. The molecule has 3 heterocycles. The Morgan fingerprint density at radius 2 is 1.32 bits per heavy atom. The average Bonchev–Trinajstić information content (AvgIpc) is 2.90. The Balaban J connectivity index is 0.000000721. The molecule has 3 rings (SSSR count). The zero-order valence-electron chi connectivity index (χ0n) is 22.6. The number of piperazine rings is 1. The van der Waals surface area contributed by atoms with Gasteiger partial charge in [0.25, 0.3) is 0 Å². The monoisotopic (exact) mass is 655 g/mol. The van der Waals surface area contributed by atoms with Gasteiger partial charge in [-0.1, -0.05) is 6.07 Å². The maximum absolute atomic E-state index is 12.9. The molecule has 0 aromatic carbocycles. The van der Waals surface area contributed by atoms with E-state index in [1.807, 2.05) is 19.3 Å². The third-order valence-electron chi connectivity index (χ3n) is 5.92. The van der Waals surface area contributed by atoms with Gasteiger partial charge in [0.05, 0.1) is 6.07 Å². The second-order valence-electron chi connectivity index (χ2n) is 8.88. The Hall–Kier alpha value is -4.19. The van der Waals surface area contributed by atoms with Crippen LogP contribution in [-0.2, 0) is 25.7 Å². The molecule has 2 aliphatic rings. The highest BCUT2D eigenvalue weighted by atomic mass is 19.4. The van der Waals surface area contributed by atoms with Crippen molar-refractivity contribution in [3.05, 3.63) is 30.1 Å². The predicted octanol–water partition coefficient (Wildman–Crippen LogP) is 2.61. The van der Waals surface area contributed by atoms with Gasteiger partial charge in [0.1, 0.15) is 12.1 Å². The molecule has 1 spiro atoms. The smallest absolute Gasteiger partial charge is 0.475 e. The number of aliphatic carboxylic acids is 3. The summed E-state index contributed by atoms with van der Waals surface area (Å²) in [5, 5.41) is 30.3. The van der Waals surface area contributed by atoms with Crippen molar-refractivity contribution in [1.29, 1.82) is 5.26 Å². The van der Waals surface area contributed by atoms with Gasteiger partial charge in [0.2, 0.25) is 5.91 Å². The van der Waals surface area contributed by atoms with Crippen LogP contribution in [-0.4, -0.2) is 123 Å². The first kappa shape index (κ1) is 39.8. The van der Waals surface area contributed by atoms with Gasteiger partial charge in [-0.3, -0.25) is 19.6 Å². The van der Waals surface area contributed by atoms with Crippen molar-refractivity contribution in [2.45, 2.75) is 43.5 Å². The van der Waals surface area contributed by atoms with Gasteiger partial charge < -0.3 is 20.2 Å². The molecule has 2 fully saturated rings. The molecule has 1 aromatic rings. The number of hydrogen-bond donors (Lipinski definition) is 3. The molecule has 0 saturated carbocycles. The lowest BCUT2D eigenvalue weighted by atomic mass is 9.82. The van der Waals surface area contributed by atoms with Crippen molar-refractivity contribution >= 4 is 23.8 Å². The van der Waals surface area contributed by atoms with E-state index in [0.29, 0.717) is 6.54 Å². The van der Waals surface area contributed by atoms with E-state index in [-0.39, 0.29) is 12.5 Å². The van der Waals surface area contributed by atoms with Gasteiger partial charge in [0.15, 0.2) is 0 Å². The van der Waals surface area contributed by atoms with Gasteiger partial charge in [-0.05, 0) is 31.5 Å². The number of alkyl halides is 9. The molecular weight excluding hydrogens is 629 g/mol. The number of hydrogen-bond acceptors (Lipinski definition) is 8. The second-order valence-corrected chi connectivity index (χ2v) is 8.88. The second kappa shape index (κ2) is 16.6. The van der Waals surface area contributed by atoms with E-state index in [2.05, 4.69) is 26.9 Å². The normalized spacial score (nSPS) is 17.0. The van der Waals surface area contributed by atoms with E-state index >= 15 is 0 Å².